The Morgan fingerprint density at radius 2 is 1.68 bits per heavy atom. The molecular formula is C30H27N7O4. The highest BCUT2D eigenvalue weighted by Crippen LogP contribution is 2.28. The Balaban J connectivity index is 1.10. The minimum atomic E-state index is -0.440. The average Bonchev–Trinajstić information content (AvgIpc) is 3.59. The molecule has 1 N–H and O–H groups in total. The summed E-state index contributed by atoms with van der Waals surface area (Å²) < 4.78 is 0. The van der Waals surface area contributed by atoms with Crippen molar-refractivity contribution in [1.82, 2.24) is 14.9 Å². The lowest BCUT2D eigenvalue weighted by Gasteiger charge is -2.19. The van der Waals surface area contributed by atoms with Gasteiger partial charge in [0, 0.05) is 62.2 Å². The van der Waals surface area contributed by atoms with Crippen molar-refractivity contribution in [2.24, 2.45) is 0 Å². The second-order valence-electron chi connectivity index (χ2n) is 9.97. The second kappa shape index (κ2) is 11.0. The van der Waals surface area contributed by atoms with Crippen LogP contribution in [0.4, 0.5) is 33.4 Å². The monoisotopic (exact) mass is 549 g/mol. The fourth-order valence-electron chi connectivity index (χ4n) is 5.14. The number of nitro groups is 1. The summed E-state index contributed by atoms with van der Waals surface area (Å²) in [5.74, 6) is 0.798. The molecule has 0 unspecified atom stereocenters. The number of carbonyl (C=O) groups excluding carboxylic acids is 2. The fourth-order valence-corrected chi connectivity index (χ4v) is 5.14. The van der Waals surface area contributed by atoms with Crippen LogP contribution in [0.25, 0.3) is 11.1 Å². The number of hydrogen-bond acceptors (Lipinski definition) is 7. The van der Waals surface area contributed by atoms with Gasteiger partial charge < -0.3 is 15.1 Å². The Labute approximate surface area is 236 Å². The molecule has 206 valence electrons. The molecule has 3 amide bonds. The number of urea groups is 1. The van der Waals surface area contributed by atoms with Crippen LogP contribution in [-0.4, -0.2) is 51.4 Å². The maximum atomic E-state index is 13.1. The number of amides is 3. The lowest BCUT2D eigenvalue weighted by Crippen LogP contribution is -2.31. The first-order chi connectivity index (χ1) is 19.9. The van der Waals surface area contributed by atoms with Crippen LogP contribution in [0, 0.1) is 10.1 Å². The van der Waals surface area contributed by atoms with Crippen LogP contribution in [-0.2, 0) is 11.3 Å². The molecule has 0 bridgehead atoms. The lowest BCUT2D eigenvalue weighted by atomic mass is 10.1. The molecule has 2 saturated heterocycles. The van der Waals surface area contributed by atoms with Gasteiger partial charge in [0.2, 0.25) is 5.91 Å². The van der Waals surface area contributed by atoms with Gasteiger partial charge in [-0.3, -0.25) is 24.8 Å². The van der Waals surface area contributed by atoms with Gasteiger partial charge in [-0.2, -0.15) is 0 Å². The Morgan fingerprint density at radius 1 is 0.854 bits per heavy atom. The van der Waals surface area contributed by atoms with E-state index in [-0.39, 0.29) is 24.2 Å². The molecule has 4 aromatic rings. The van der Waals surface area contributed by atoms with E-state index in [2.05, 4.69) is 15.3 Å². The van der Waals surface area contributed by atoms with Gasteiger partial charge >= 0.3 is 6.03 Å². The summed E-state index contributed by atoms with van der Waals surface area (Å²) in [5, 5.41) is 14.3. The van der Waals surface area contributed by atoms with E-state index >= 15 is 0 Å². The zero-order valence-corrected chi connectivity index (χ0v) is 22.1. The normalized spacial score (nSPS) is 15.1. The van der Waals surface area contributed by atoms with Crippen molar-refractivity contribution in [2.45, 2.75) is 19.4 Å². The van der Waals surface area contributed by atoms with E-state index in [1.807, 2.05) is 47.4 Å². The van der Waals surface area contributed by atoms with Gasteiger partial charge in [0.1, 0.15) is 5.82 Å². The van der Waals surface area contributed by atoms with Crippen LogP contribution in [0.3, 0.4) is 0 Å². The van der Waals surface area contributed by atoms with E-state index in [0.29, 0.717) is 42.3 Å². The molecule has 0 spiro atoms. The van der Waals surface area contributed by atoms with Crippen molar-refractivity contribution in [2.75, 3.05) is 34.8 Å². The van der Waals surface area contributed by atoms with Crippen LogP contribution >= 0.6 is 0 Å². The van der Waals surface area contributed by atoms with E-state index in [4.69, 9.17) is 0 Å². The molecule has 41 heavy (non-hydrogen) atoms. The third-order valence-electron chi connectivity index (χ3n) is 7.25. The van der Waals surface area contributed by atoms with Crippen molar-refractivity contribution in [3.05, 3.63) is 101 Å². The summed E-state index contributed by atoms with van der Waals surface area (Å²) in [6.07, 6.45) is 6.58. The molecule has 0 saturated carbocycles. The molecule has 6 rings (SSSR count). The molecule has 0 aliphatic carbocycles. The number of hydrogen-bond donors (Lipinski definition) is 1. The minimum absolute atomic E-state index is 0.00346. The molecule has 4 heterocycles. The first-order valence-electron chi connectivity index (χ1n) is 13.3. The number of nitro benzene ring substituents is 1. The van der Waals surface area contributed by atoms with E-state index in [0.717, 1.165) is 29.8 Å². The lowest BCUT2D eigenvalue weighted by molar-refractivity contribution is -0.384. The topological polar surface area (TPSA) is 125 Å². The molecule has 11 heteroatoms. The van der Waals surface area contributed by atoms with Gasteiger partial charge in [-0.1, -0.05) is 24.3 Å². The molecule has 2 aromatic carbocycles. The molecule has 2 fully saturated rings. The highest BCUT2D eigenvalue weighted by Gasteiger charge is 2.30. The van der Waals surface area contributed by atoms with E-state index in [9.17, 15) is 19.7 Å². The molecule has 2 aliphatic rings. The van der Waals surface area contributed by atoms with Crippen LogP contribution in [0.1, 0.15) is 18.4 Å². The van der Waals surface area contributed by atoms with Crippen molar-refractivity contribution in [3.8, 4) is 11.1 Å². The second-order valence-corrected chi connectivity index (χ2v) is 9.97. The first kappa shape index (κ1) is 25.9. The molecular weight excluding hydrogens is 522 g/mol. The third kappa shape index (κ3) is 5.55. The molecule has 0 atom stereocenters. The summed E-state index contributed by atoms with van der Waals surface area (Å²) in [5.41, 5.74) is 4.91. The van der Waals surface area contributed by atoms with Crippen LogP contribution in [0.15, 0.2) is 85.3 Å². The highest BCUT2D eigenvalue weighted by atomic mass is 16.6. The zero-order chi connectivity index (χ0) is 28.3. The van der Waals surface area contributed by atoms with Crippen LogP contribution in [0.5, 0.6) is 0 Å². The Hall–Kier alpha value is -5.32. The minimum Gasteiger partial charge on any atom is -0.339 e. The SMILES string of the molecule is O=C1CCCN1c1ccc(-c2ccc(Nc3cncc(N4CCN(Cc5cccc([N+](=O)[O-])c5)C4=O)c3)nc2)cc1. The van der Waals surface area contributed by atoms with Crippen LogP contribution in [0.2, 0.25) is 0 Å². The van der Waals surface area contributed by atoms with E-state index in [1.165, 1.54) is 12.1 Å². The smallest absolute Gasteiger partial charge is 0.324 e. The molecule has 2 aliphatic heterocycles. The molecule has 11 nitrogen and oxygen atoms in total. The number of non-ortho nitro benzene ring substituents is 1. The maximum Gasteiger partial charge on any atom is 0.324 e. The summed E-state index contributed by atoms with van der Waals surface area (Å²) in [4.78, 5) is 49.7. The molecule has 0 radical (unpaired) electrons. The van der Waals surface area contributed by atoms with Gasteiger partial charge in [-0.05, 0) is 47.9 Å². The highest BCUT2D eigenvalue weighted by molar-refractivity contribution is 5.96. The van der Waals surface area contributed by atoms with Crippen LogP contribution < -0.4 is 15.1 Å². The number of rotatable bonds is 8. The summed E-state index contributed by atoms with van der Waals surface area (Å²) in [6.45, 7) is 2.03. The van der Waals surface area contributed by atoms with Crippen molar-refractivity contribution in [1.29, 1.82) is 0 Å². The predicted octanol–water partition coefficient (Wildman–Crippen LogP) is 5.36. The Kier molecular flexibility index (Phi) is 6.99. The van der Waals surface area contributed by atoms with Crippen molar-refractivity contribution in [3.63, 3.8) is 0 Å². The zero-order valence-electron chi connectivity index (χ0n) is 22.1. The fraction of sp³-hybridized carbons (Fsp3) is 0.200. The number of anilines is 4. The quantitative estimate of drug-likeness (QED) is 0.232. The number of nitrogens with one attached hydrogen (secondary N) is 1. The Morgan fingerprint density at radius 3 is 2.41 bits per heavy atom. The number of aromatic nitrogens is 2. The summed E-state index contributed by atoms with van der Waals surface area (Å²) >= 11 is 0. The number of benzene rings is 2. The Bertz CT molecular complexity index is 1610. The molecule has 2 aromatic heterocycles. The van der Waals surface area contributed by atoms with Crippen molar-refractivity contribution >= 4 is 40.5 Å². The van der Waals surface area contributed by atoms with Gasteiger partial charge in [0.05, 0.1) is 28.7 Å². The first-order valence-corrected chi connectivity index (χ1v) is 13.3. The van der Waals surface area contributed by atoms with Gasteiger partial charge in [0.15, 0.2) is 0 Å². The maximum absolute atomic E-state index is 13.1. The van der Waals surface area contributed by atoms with Gasteiger partial charge in [0.25, 0.3) is 5.69 Å². The average molecular weight is 550 g/mol. The third-order valence-corrected chi connectivity index (χ3v) is 7.25. The number of pyridine rings is 2. The number of carbonyl (C=O) groups is 2. The standard InChI is InChI=1S/C30H27N7O4/c38-29-5-2-12-35(29)25-9-6-22(7-10-25)23-8-11-28(32-17-23)33-24-16-27(19-31-18-24)36-14-13-34(30(36)39)20-21-3-1-4-26(15-21)37(40)41/h1,3-4,6-11,15-19H,2,5,12-14,20H2,(H,32,33). The van der Waals surface area contributed by atoms with E-state index in [1.54, 1.807) is 40.5 Å². The number of nitrogens with zero attached hydrogens (tertiary/aromatic N) is 6. The largest absolute Gasteiger partial charge is 0.339 e. The van der Waals surface area contributed by atoms with Gasteiger partial charge in [-0.25, -0.2) is 9.78 Å². The summed E-state index contributed by atoms with van der Waals surface area (Å²) in [7, 11) is 0. The van der Waals surface area contributed by atoms with Gasteiger partial charge in [-0.15, -0.1) is 0 Å². The summed E-state index contributed by atoms with van der Waals surface area (Å²) in [6, 6.07) is 19.8. The van der Waals surface area contributed by atoms with E-state index < -0.39 is 4.92 Å². The van der Waals surface area contributed by atoms with Crippen molar-refractivity contribution < 1.29 is 14.5 Å². The predicted molar refractivity (Wildman–Crippen MR) is 155 cm³/mol.